The molecule has 0 spiro atoms. The predicted molar refractivity (Wildman–Crippen MR) is 572 cm³/mol. The second-order valence-electron chi connectivity index (χ2n) is 38.1. The van der Waals surface area contributed by atoms with Crippen molar-refractivity contribution in [3.63, 3.8) is 0 Å². The third-order valence-corrected chi connectivity index (χ3v) is 29.1. The normalized spacial score (nSPS) is 21.1. The van der Waals surface area contributed by atoms with Crippen LogP contribution >= 0.6 is 55.9 Å². The Kier molecular flexibility index (Phi) is 57.3. The summed E-state index contributed by atoms with van der Waals surface area (Å²) in [5, 5.41) is 15.4. The number of nitrogens with zero attached hydrogens (tertiary/aromatic N) is 12. The van der Waals surface area contributed by atoms with Gasteiger partial charge in [0.1, 0.15) is 31.3 Å². The van der Waals surface area contributed by atoms with Gasteiger partial charge in [-0.2, -0.15) is 0 Å². The van der Waals surface area contributed by atoms with E-state index < -0.39 is 15.8 Å². The first-order chi connectivity index (χ1) is 70.3. The van der Waals surface area contributed by atoms with E-state index in [0.29, 0.717) is 163 Å². The van der Waals surface area contributed by atoms with Crippen molar-refractivity contribution in [3.8, 4) is 17.1 Å². The number of piperidine rings is 4. The monoisotopic (exact) mass is 2240 g/mol. The Balaban J connectivity index is 0.000000244. The number of methoxy groups -OCH3 is 1. The van der Waals surface area contributed by atoms with Gasteiger partial charge < -0.3 is 95.4 Å². The number of hydrogen-bond donors (Lipinski definition) is 6. The van der Waals surface area contributed by atoms with Crippen molar-refractivity contribution < 1.29 is 125 Å². The molecule has 35 nitrogen and oxygen atoms in total. The molecule has 8 amide bonds. The molecule has 147 heavy (non-hydrogen) atoms. The number of aromatic nitrogens is 3. The zero-order valence-corrected chi connectivity index (χ0v) is 94.0. The van der Waals surface area contributed by atoms with Crippen molar-refractivity contribution >= 4 is 141 Å². The second-order valence-corrected chi connectivity index (χ2v) is 41.8. The number of likely N-dealkylation sites (N-methyl/N-ethyl adjacent to an activating group) is 1. The minimum Gasteiger partial charge on any atom is -1.00 e. The van der Waals surface area contributed by atoms with Crippen LogP contribution in [0.4, 0.5) is 30.4 Å². The molecule has 4 aromatic carbocycles. The van der Waals surface area contributed by atoms with E-state index in [1.54, 1.807) is 25.7 Å². The van der Waals surface area contributed by atoms with E-state index in [4.69, 9.17) is 60.8 Å². The van der Waals surface area contributed by atoms with Gasteiger partial charge in [0.05, 0.1) is 69.5 Å². The van der Waals surface area contributed by atoms with Crippen molar-refractivity contribution in [2.75, 3.05) is 192 Å². The summed E-state index contributed by atoms with van der Waals surface area (Å²) in [5.41, 5.74) is 11.1. The molecule has 18 rings (SSSR count). The summed E-state index contributed by atoms with van der Waals surface area (Å²) in [4.78, 5) is 139. The number of pyridine rings is 1. The van der Waals surface area contributed by atoms with E-state index in [-0.39, 0.29) is 127 Å². The van der Waals surface area contributed by atoms with Crippen LogP contribution < -0.4 is 65.2 Å². The maximum absolute atomic E-state index is 15.3. The van der Waals surface area contributed by atoms with Gasteiger partial charge in [0.2, 0.25) is 56.6 Å². The van der Waals surface area contributed by atoms with Gasteiger partial charge >= 0.3 is 47.8 Å². The number of amides is 8. The number of carbonyl (C=O) groups excluding carboxylic acids is 9. The fourth-order valence-electron chi connectivity index (χ4n) is 19.4. The molecule has 14 heterocycles. The molecule has 2 aromatic heterocycles. The summed E-state index contributed by atoms with van der Waals surface area (Å²) in [6.07, 6.45) is 26.3. The molecule has 0 bridgehead atoms. The molecule has 3 unspecified atom stereocenters. The van der Waals surface area contributed by atoms with Crippen molar-refractivity contribution in [1.29, 1.82) is 0 Å². The number of morpholine rings is 1. The van der Waals surface area contributed by atoms with Crippen LogP contribution in [0.5, 0.6) is 5.88 Å². The fraction of sp³-hybridized carbons (Fsp3) is 0.619. The van der Waals surface area contributed by atoms with Gasteiger partial charge in [0.25, 0.3) is 0 Å². The van der Waals surface area contributed by atoms with Crippen LogP contribution in [0.2, 0.25) is 0 Å². The van der Waals surface area contributed by atoms with Crippen LogP contribution in [0, 0.1) is 5.82 Å². The number of likely N-dealkylation sites (tertiary alicyclic amines) is 9. The maximum Gasteiger partial charge on any atom is 1.00 e. The van der Waals surface area contributed by atoms with Gasteiger partial charge in [-0.3, -0.25) is 38.4 Å². The fourth-order valence-corrected chi connectivity index (χ4v) is 20.8. The summed E-state index contributed by atoms with van der Waals surface area (Å²) in [6, 6.07) is 35.0. The summed E-state index contributed by atoms with van der Waals surface area (Å²) in [5.74, 6) is 1.44. The van der Waals surface area contributed by atoms with Crippen LogP contribution in [0.15, 0.2) is 115 Å². The van der Waals surface area contributed by atoms with E-state index in [2.05, 4.69) is 73.8 Å². The number of halogens is 5. The Bertz CT molecular complexity index is 5110. The Morgan fingerprint density at radius 1 is 0.585 bits per heavy atom. The topological polar surface area (TPSA) is 398 Å². The second kappa shape index (κ2) is 67.9. The Labute approximate surface area is 919 Å². The third-order valence-electron chi connectivity index (χ3n) is 27.2. The van der Waals surface area contributed by atoms with Gasteiger partial charge in [-0.05, 0) is 188 Å². The molecule has 12 aliphatic rings. The maximum atomic E-state index is 15.3. The molecule has 7 N–H and O–H groups in total. The first kappa shape index (κ1) is 124. The molecule has 0 saturated carbocycles. The minimum atomic E-state index is -3.63. The van der Waals surface area contributed by atoms with E-state index >= 15 is 4.39 Å². The van der Waals surface area contributed by atoms with E-state index in [9.17, 15) is 51.6 Å². The smallest absolute Gasteiger partial charge is 1.00 e. The van der Waals surface area contributed by atoms with Crippen LogP contribution in [0.3, 0.4) is 0 Å². The molecule has 12 aliphatic heterocycles. The van der Waals surface area contributed by atoms with Gasteiger partial charge in [0, 0.05) is 222 Å². The zero-order valence-electron chi connectivity index (χ0n) is 87.5. The molecule has 12 fully saturated rings. The Morgan fingerprint density at radius 3 is 1.54 bits per heavy atom. The van der Waals surface area contributed by atoms with Gasteiger partial charge in [-0.15, -0.1) is 12.4 Å². The number of alkyl halides is 2. The SMILES string of the molecule is C1CCOC1.CC[NH+]1CC[C@@H](N2CCCCC2=O)C1.CO.COc1ncc(-c2nc(N3CCOCC3)nc3c(CN4CC[C@@H](N5CCCCC5=O)C4)cc(F)cc23)cc1NS(C)(=O)=O.Cl.N[C@@H]1CCN(C(=O)OCc2ccccc2)C1.O=C(CCCCBr)N[C@@H]1CCN(C(=O)OCc2ccccc2)C1.O=C(Cl)CCCCBr.O=C(OCc1ccccc1)N1CCC(N2CCCCC2=O)C1.O=C1CCCCN1C1CCNC1.[H-].[Na+]. The van der Waals surface area contributed by atoms with E-state index in [1.807, 2.05) is 106 Å². The van der Waals surface area contributed by atoms with Crippen molar-refractivity contribution in [1.82, 2.24) is 64.8 Å². The number of fused-ring (bicyclic) bond motifs is 1. The van der Waals surface area contributed by atoms with Gasteiger partial charge in [-0.25, -0.2) is 42.1 Å². The number of unbranched alkanes of at least 4 members (excludes halogenated alkanes) is 2. The number of anilines is 2. The van der Waals surface area contributed by atoms with Crippen molar-refractivity contribution in [2.24, 2.45) is 5.73 Å². The van der Waals surface area contributed by atoms with Crippen LogP contribution in [0.1, 0.15) is 198 Å². The molecular formula is C105H156Br2Cl2FN17NaO18S+. The third kappa shape index (κ3) is 42.7. The summed E-state index contributed by atoms with van der Waals surface area (Å²) in [6.45, 7) is 22.5. The number of nitrogens with two attached hydrogens (primary N) is 1. The largest absolute Gasteiger partial charge is 1.00 e. The Hall–Kier alpha value is -8.26. The van der Waals surface area contributed by atoms with Crippen LogP contribution in [-0.4, -0.2) is 339 Å². The van der Waals surface area contributed by atoms with Crippen LogP contribution in [-0.2, 0) is 88.8 Å². The molecule has 0 radical (unpaired) electrons. The summed E-state index contributed by atoms with van der Waals surface area (Å²) in [7, 11) is -1.23. The van der Waals surface area contributed by atoms with Gasteiger partial charge in [0.15, 0.2) is 0 Å². The van der Waals surface area contributed by atoms with E-state index in [0.717, 1.165) is 221 Å². The molecule has 7 atom stereocenters. The number of sulfonamides is 1. The van der Waals surface area contributed by atoms with Gasteiger partial charge in [-0.1, -0.05) is 123 Å². The molecule has 42 heteroatoms. The number of aliphatic hydroxyl groups is 1. The first-order valence-corrected chi connectivity index (χ1v) is 56.4. The number of rotatable bonds is 27. The number of hydrogen-bond acceptors (Lipinski definition) is 25. The number of nitrogens with one attached hydrogen (secondary N) is 4. The molecule has 6 aromatic rings. The molecule has 0 aliphatic carbocycles. The number of aliphatic hydroxyl groups excluding tert-OH is 1. The number of benzene rings is 4. The van der Waals surface area contributed by atoms with Crippen LogP contribution in [0.25, 0.3) is 22.2 Å². The number of quaternary nitrogens is 1. The zero-order chi connectivity index (χ0) is 104. The number of ether oxygens (including phenoxy) is 6. The Morgan fingerprint density at radius 2 is 1.07 bits per heavy atom. The van der Waals surface area contributed by atoms with E-state index in [1.165, 1.54) is 77.2 Å². The summed E-state index contributed by atoms with van der Waals surface area (Å²) < 4.78 is 73.5. The quantitative estimate of drug-likeness (QED) is 0.00918. The average molecular weight is 2250 g/mol. The van der Waals surface area contributed by atoms with Crippen molar-refractivity contribution in [3.05, 3.63) is 143 Å². The predicted octanol–water partition coefficient (Wildman–Crippen LogP) is 9.78. The molecular weight excluding hydrogens is 2090 g/mol. The average Bonchev–Trinajstić information content (AvgIpc) is 1.10. The van der Waals surface area contributed by atoms with Crippen molar-refractivity contribution in [2.45, 2.75) is 236 Å². The molecule has 810 valence electrons. The first-order valence-electron chi connectivity index (χ1n) is 51.9. The standard InChI is InChI=1S/C29H36FN7O5S.C17H23BrN2O3.C17H22N2O3.C12H16N2O2.C11H20N2O.C9H16N2O.C5H8BrClO.C4H8O.CH4O.ClH.Na.H/c1-41-28-24(34-43(2,39)40)14-19(16-31-28)26-23-15-21(30)13-20(27(23)33-29(32-26)36-9-11-42-12-10-36)17-35-8-6-22(18-35)37-7-4-3-5-25(37)38;18-10-5-4-8-16(21)19-15-9-11-20(12-15)17(22)23-13-14-6-2-1-3-7-14;20-16-8-4-5-10-19(16)15-9-11-18(12-15)17(21)22-13-14-6-2-1-3-7-14;13-11-6-7-14(8-11)12(15)16-9-10-4-2-1-3-5-10;1-2-12-8-6-10(9-12)13-7-4-3-5-11(13)14;12-9-3-1-2-6-11(9)8-4-5-10-7-8;6-4-2-1-3-5(7)8;1-2-4-5-3-1;1-2;;;/h13-16,22,34H,3-12,17-18H2,1-2H3;1-3,6-7,15H,4-5,8-13H2,(H,19,21);1-3,6-7,15H,4-5,8-13H2;1-5,11H,6-9,13H2;10H,2-9H2,1H3;8,10H,1-7H2;1-4H2;1-4H2;2H,1H3;1H;;/q;;;;;;;;;;+1;-1/p+1/t22-;15-;;11-;10-;;;;;;;/m11.11......./s1. The minimum absolute atomic E-state index is 0. The number of carbonyl (C=O) groups is 9. The summed E-state index contributed by atoms with van der Waals surface area (Å²) >= 11 is 11.7. The molecule has 12 saturated heterocycles.